The lowest BCUT2D eigenvalue weighted by Crippen LogP contribution is -2.26. The Hall–Kier alpha value is -0.300. The molecule has 0 amide bonds. The van der Waals surface area contributed by atoms with Crippen molar-refractivity contribution in [3.05, 3.63) is 11.6 Å². The van der Waals surface area contributed by atoms with E-state index in [0.717, 1.165) is 6.42 Å². The van der Waals surface area contributed by atoms with Crippen molar-refractivity contribution in [2.24, 2.45) is 11.8 Å². The molecule has 0 aromatic heterocycles. The highest BCUT2D eigenvalue weighted by molar-refractivity contribution is 5.11. The van der Waals surface area contributed by atoms with Gasteiger partial charge in [0.1, 0.15) is 0 Å². The van der Waals surface area contributed by atoms with E-state index in [2.05, 4.69) is 20.8 Å². The average Bonchev–Trinajstić information content (AvgIpc) is 1.99. The lowest BCUT2D eigenvalue weighted by molar-refractivity contribution is 0.117. The van der Waals surface area contributed by atoms with E-state index in [1.807, 2.05) is 6.08 Å². The number of hydrogen-bond acceptors (Lipinski definition) is 1. The van der Waals surface area contributed by atoms with Gasteiger partial charge in [0.05, 0.1) is 6.10 Å². The normalized spacial score (nSPS) is 35.3. The molecular formula is C11H22O. The first-order chi connectivity index (χ1) is 5.15. The van der Waals surface area contributed by atoms with E-state index in [9.17, 15) is 5.11 Å². The molecule has 0 radical (unpaired) electrons. The fourth-order valence-electron chi connectivity index (χ4n) is 1.66. The van der Waals surface area contributed by atoms with Crippen LogP contribution >= 0.6 is 0 Å². The smallest absolute Gasteiger partial charge is 0.0751 e. The van der Waals surface area contributed by atoms with Crippen molar-refractivity contribution in [1.29, 1.82) is 0 Å². The highest BCUT2D eigenvalue weighted by Crippen LogP contribution is 2.30. The molecule has 1 heteroatoms. The summed E-state index contributed by atoms with van der Waals surface area (Å²) in [5.74, 6) is 1.08. The molecule has 1 nitrogen and oxygen atoms in total. The third-order valence-electron chi connectivity index (χ3n) is 2.88. The van der Waals surface area contributed by atoms with E-state index in [0.29, 0.717) is 11.8 Å². The van der Waals surface area contributed by atoms with Crippen molar-refractivity contribution in [2.45, 2.75) is 47.1 Å². The second kappa shape index (κ2) is 4.66. The van der Waals surface area contributed by atoms with Crippen molar-refractivity contribution >= 4 is 0 Å². The van der Waals surface area contributed by atoms with E-state index in [1.165, 1.54) is 12.0 Å². The van der Waals surface area contributed by atoms with Crippen molar-refractivity contribution < 1.29 is 5.11 Å². The van der Waals surface area contributed by atoms with Crippen LogP contribution in [0.3, 0.4) is 0 Å². The Bertz CT molecular complexity index is 160. The monoisotopic (exact) mass is 170 g/mol. The zero-order chi connectivity index (χ0) is 8.43. The van der Waals surface area contributed by atoms with Crippen LogP contribution in [0.15, 0.2) is 11.6 Å². The van der Waals surface area contributed by atoms with Gasteiger partial charge in [-0.15, -0.1) is 0 Å². The Morgan fingerprint density at radius 1 is 1.50 bits per heavy atom. The molecule has 0 aromatic rings. The number of allylic oxidation sites excluding steroid dienone is 1. The van der Waals surface area contributed by atoms with Gasteiger partial charge in [0, 0.05) is 0 Å². The molecule has 1 N–H and O–H groups in total. The van der Waals surface area contributed by atoms with Crippen LogP contribution in [-0.2, 0) is 0 Å². The van der Waals surface area contributed by atoms with Gasteiger partial charge in [-0.3, -0.25) is 0 Å². The molecule has 0 aromatic carbocycles. The standard InChI is InChI=1S/C10H18O.CH4/c1-4-9-5-7(2)8(3)10(11)6-9;/h6-8,10-11H,4-5H2,1-3H3;1H4. The van der Waals surface area contributed by atoms with E-state index in [-0.39, 0.29) is 13.5 Å². The van der Waals surface area contributed by atoms with Crippen molar-refractivity contribution in [1.82, 2.24) is 0 Å². The average molecular weight is 170 g/mol. The minimum absolute atomic E-state index is 0. The zero-order valence-electron chi connectivity index (χ0n) is 7.67. The minimum atomic E-state index is -0.200. The van der Waals surface area contributed by atoms with Crippen LogP contribution in [0.25, 0.3) is 0 Å². The first-order valence-electron chi connectivity index (χ1n) is 4.52. The van der Waals surface area contributed by atoms with Crippen LogP contribution < -0.4 is 0 Å². The Morgan fingerprint density at radius 2 is 2.08 bits per heavy atom. The molecule has 72 valence electrons. The number of aliphatic hydroxyl groups excluding tert-OH is 1. The van der Waals surface area contributed by atoms with Crippen molar-refractivity contribution in [2.75, 3.05) is 0 Å². The molecular weight excluding hydrogens is 148 g/mol. The van der Waals surface area contributed by atoms with Crippen molar-refractivity contribution in [3.63, 3.8) is 0 Å². The summed E-state index contributed by atoms with van der Waals surface area (Å²) in [6.07, 6.45) is 4.10. The predicted molar refractivity (Wildman–Crippen MR) is 54.1 cm³/mol. The lowest BCUT2D eigenvalue weighted by atomic mass is 9.79. The lowest BCUT2D eigenvalue weighted by Gasteiger charge is -2.29. The molecule has 3 atom stereocenters. The van der Waals surface area contributed by atoms with Crippen molar-refractivity contribution in [3.8, 4) is 0 Å². The number of hydrogen-bond donors (Lipinski definition) is 1. The molecule has 12 heavy (non-hydrogen) atoms. The maximum absolute atomic E-state index is 9.57. The van der Waals surface area contributed by atoms with Crippen LogP contribution in [0.2, 0.25) is 0 Å². The summed E-state index contributed by atoms with van der Waals surface area (Å²) in [5.41, 5.74) is 1.42. The van der Waals surface area contributed by atoms with Gasteiger partial charge in [0.2, 0.25) is 0 Å². The van der Waals surface area contributed by atoms with E-state index in [1.54, 1.807) is 0 Å². The molecule has 1 aliphatic rings. The summed E-state index contributed by atoms with van der Waals surface area (Å²) in [4.78, 5) is 0. The SMILES string of the molecule is C.CCC1=CC(O)C(C)C(C)C1. The molecule has 0 spiro atoms. The molecule has 0 heterocycles. The molecule has 0 fully saturated rings. The first-order valence-corrected chi connectivity index (χ1v) is 4.52. The van der Waals surface area contributed by atoms with Crippen LogP contribution in [-0.4, -0.2) is 11.2 Å². The first kappa shape index (κ1) is 11.7. The zero-order valence-corrected chi connectivity index (χ0v) is 7.67. The Morgan fingerprint density at radius 3 is 2.50 bits per heavy atom. The summed E-state index contributed by atoms with van der Waals surface area (Å²) >= 11 is 0. The maximum Gasteiger partial charge on any atom is 0.0751 e. The van der Waals surface area contributed by atoms with Crippen LogP contribution in [0.5, 0.6) is 0 Å². The number of aliphatic hydroxyl groups is 1. The highest BCUT2D eigenvalue weighted by Gasteiger charge is 2.24. The van der Waals surface area contributed by atoms with Crippen LogP contribution in [0.4, 0.5) is 0 Å². The third-order valence-corrected chi connectivity index (χ3v) is 2.88. The molecule has 1 rings (SSSR count). The Balaban J connectivity index is 0.00000121. The van der Waals surface area contributed by atoms with Crippen LogP contribution in [0, 0.1) is 11.8 Å². The van der Waals surface area contributed by atoms with Crippen LogP contribution in [0.1, 0.15) is 41.0 Å². The van der Waals surface area contributed by atoms with Gasteiger partial charge < -0.3 is 5.11 Å². The summed E-state index contributed by atoms with van der Waals surface area (Å²) in [5, 5.41) is 9.57. The summed E-state index contributed by atoms with van der Waals surface area (Å²) in [6, 6.07) is 0. The fourth-order valence-corrected chi connectivity index (χ4v) is 1.66. The molecule has 0 bridgehead atoms. The van der Waals surface area contributed by atoms with E-state index >= 15 is 0 Å². The van der Waals surface area contributed by atoms with Gasteiger partial charge in [0.25, 0.3) is 0 Å². The molecule has 0 aliphatic heterocycles. The summed E-state index contributed by atoms with van der Waals surface area (Å²) in [6.45, 7) is 6.50. The quantitative estimate of drug-likeness (QED) is 0.600. The highest BCUT2D eigenvalue weighted by atomic mass is 16.3. The predicted octanol–water partition coefficient (Wildman–Crippen LogP) is 3.00. The summed E-state index contributed by atoms with van der Waals surface area (Å²) in [7, 11) is 0. The number of rotatable bonds is 1. The maximum atomic E-state index is 9.57. The van der Waals surface area contributed by atoms with E-state index < -0.39 is 0 Å². The van der Waals surface area contributed by atoms with E-state index in [4.69, 9.17) is 0 Å². The van der Waals surface area contributed by atoms with Gasteiger partial charge >= 0.3 is 0 Å². The van der Waals surface area contributed by atoms with Gasteiger partial charge in [-0.2, -0.15) is 0 Å². The van der Waals surface area contributed by atoms with Gasteiger partial charge in [-0.25, -0.2) is 0 Å². The second-order valence-electron chi connectivity index (χ2n) is 3.71. The third kappa shape index (κ3) is 2.34. The largest absolute Gasteiger partial charge is 0.389 e. The Kier molecular flexibility index (Phi) is 4.54. The molecule has 0 saturated carbocycles. The fraction of sp³-hybridized carbons (Fsp3) is 0.818. The van der Waals surface area contributed by atoms with Gasteiger partial charge in [-0.05, 0) is 24.7 Å². The topological polar surface area (TPSA) is 20.2 Å². The molecule has 1 aliphatic carbocycles. The van der Waals surface area contributed by atoms with Gasteiger partial charge in [-0.1, -0.05) is 39.8 Å². The molecule has 3 unspecified atom stereocenters. The molecule has 0 saturated heterocycles. The summed E-state index contributed by atoms with van der Waals surface area (Å²) < 4.78 is 0. The van der Waals surface area contributed by atoms with Gasteiger partial charge in [0.15, 0.2) is 0 Å². The Labute approximate surface area is 76.5 Å². The minimum Gasteiger partial charge on any atom is -0.389 e. The second-order valence-corrected chi connectivity index (χ2v) is 3.71.